The standard InChI is InChI=1S/C26H25N5O4/c32-14-19-18-13-30-21(6-3-7-22(30)33)23(18)31(26(35)20-12-27-8-9-28-20)24(19)25(34)29-17-10-15-4-1-2-5-16(15)11-17/h1-9,12,17-19,23-24,32H,10-11,13-14H2,(H,29,34)/t18-,19-,23+,24-/m1/s1. The van der Waals surface area contributed by atoms with Crippen LogP contribution in [-0.2, 0) is 24.2 Å². The van der Waals surface area contributed by atoms with Crippen molar-refractivity contribution < 1.29 is 14.7 Å². The number of hydrogen-bond acceptors (Lipinski definition) is 6. The van der Waals surface area contributed by atoms with Crippen LogP contribution in [0.4, 0.5) is 0 Å². The monoisotopic (exact) mass is 471 g/mol. The third-order valence-electron chi connectivity index (χ3n) is 7.63. The Morgan fingerprint density at radius 3 is 2.51 bits per heavy atom. The number of likely N-dealkylation sites (tertiary alicyclic amines) is 1. The highest BCUT2D eigenvalue weighted by Crippen LogP contribution is 2.49. The van der Waals surface area contributed by atoms with Gasteiger partial charge in [0.2, 0.25) is 5.91 Å². The molecule has 2 amide bonds. The van der Waals surface area contributed by atoms with Gasteiger partial charge >= 0.3 is 0 Å². The molecular formula is C26H25N5O4. The molecule has 0 radical (unpaired) electrons. The van der Waals surface area contributed by atoms with Gasteiger partial charge in [0.15, 0.2) is 0 Å². The number of nitrogens with one attached hydrogen (secondary N) is 1. The molecule has 4 heterocycles. The Morgan fingerprint density at radius 1 is 1.06 bits per heavy atom. The fourth-order valence-electron chi connectivity index (χ4n) is 6.15. The molecule has 3 aliphatic rings. The van der Waals surface area contributed by atoms with Crippen LogP contribution in [0.5, 0.6) is 0 Å². The molecule has 35 heavy (non-hydrogen) atoms. The normalized spacial score (nSPS) is 24.7. The zero-order chi connectivity index (χ0) is 24.1. The van der Waals surface area contributed by atoms with E-state index in [1.54, 1.807) is 10.6 Å². The van der Waals surface area contributed by atoms with Gasteiger partial charge < -0.3 is 19.9 Å². The van der Waals surface area contributed by atoms with Crippen LogP contribution in [0.1, 0.15) is 33.4 Å². The number of carbonyl (C=O) groups is 2. The number of hydrogen-bond donors (Lipinski definition) is 2. The van der Waals surface area contributed by atoms with E-state index >= 15 is 0 Å². The van der Waals surface area contributed by atoms with Gasteiger partial charge in [-0.3, -0.25) is 19.4 Å². The number of amides is 2. The average Bonchev–Trinajstić information content (AvgIpc) is 3.54. The maximum atomic E-state index is 13.8. The van der Waals surface area contributed by atoms with Crippen LogP contribution in [0.3, 0.4) is 0 Å². The minimum Gasteiger partial charge on any atom is -0.396 e. The van der Waals surface area contributed by atoms with Gasteiger partial charge in [0.1, 0.15) is 11.7 Å². The molecule has 3 aromatic rings. The molecule has 9 heteroatoms. The first-order valence-electron chi connectivity index (χ1n) is 11.8. The number of carbonyl (C=O) groups excluding carboxylic acids is 2. The van der Waals surface area contributed by atoms with Crippen LogP contribution in [0.2, 0.25) is 0 Å². The number of aromatic nitrogens is 3. The predicted molar refractivity (Wildman–Crippen MR) is 125 cm³/mol. The smallest absolute Gasteiger partial charge is 0.275 e. The zero-order valence-electron chi connectivity index (χ0n) is 18.9. The Hall–Kier alpha value is -3.85. The molecule has 0 saturated carbocycles. The lowest BCUT2D eigenvalue weighted by Crippen LogP contribution is -2.52. The van der Waals surface area contributed by atoms with Crippen molar-refractivity contribution in [2.45, 2.75) is 37.5 Å². The van der Waals surface area contributed by atoms with E-state index in [-0.39, 0.29) is 35.7 Å². The summed E-state index contributed by atoms with van der Waals surface area (Å²) >= 11 is 0. The summed E-state index contributed by atoms with van der Waals surface area (Å²) in [5.41, 5.74) is 3.04. The number of fused-ring (bicyclic) bond motifs is 4. The van der Waals surface area contributed by atoms with Crippen molar-refractivity contribution in [1.82, 2.24) is 24.8 Å². The molecule has 6 rings (SSSR count). The number of rotatable bonds is 4. The lowest BCUT2D eigenvalue weighted by Gasteiger charge is -2.31. The molecule has 0 bridgehead atoms. The SMILES string of the molecule is O=C(NC1Cc2ccccc2C1)[C@H]1[C@H](CO)[C@H]2Cn3c(cccc3=O)[C@H]2N1C(=O)c1cnccn1. The number of nitrogens with zero attached hydrogens (tertiary/aromatic N) is 4. The van der Waals surface area contributed by atoms with Crippen LogP contribution < -0.4 is 10.9 Å². The largest absolute Gasteiger partial charge is 0.396 e. The van der Waals surface area contributed by atoms with E-state index < -0.39 is 23.9 Å². The quantitative estimate of drug-likeness (QED) is 0.579. The second-order valence-corrected chi connectivity index (χ2v) is 9.48. The zero-order valence-corrected chi connectivity index (χ0v) is 18.9. The maximum absolute atomic E-state index is 13.8. The average molecular weight is 472 g/mol. The molecule has 2 aromatic heterocycles. The number of aliphatic hydroxyl groups is 1. The Morgan fingerprint density at radius 2 is 1.83 bits per heavy atom. The van der Waals surface area contributed by atoms with E-state index in [0.717, 1.165) is 12.8 Å². The van der Waals surface area contributed by atoms with Crippen molar-refractivity contribution >= 4 is 11.8 Å². The van der Waals surface area contributed by atoms with Crippen LogP contribution >= 0.6 is 0 Å². The molecule has 1 fully saturated rings. The topological polar surface area (TPSA) is 117 Å². The molecule has 4 atom stereocenters. The number of benzene rings is 1. The fraction of sp³-hybridized carbons (Fsp3) is 0.346. The first-order valence-corrected chi connectivity index (χ1v) is 11.8. The van der Waals surface area contributed by atoms with Gasteiger partial charge in [-0.05, 0) is 30.0 Å². The summed E-state index contributed by atoms with van der Waals surface area (Å²) in [7, 11) is 0. The molecule has 0 unspecified atom stereocenters. The van der Waals surface area contributed by atoms with Crippen molar-refractivity contribution in [2.75, 3.05) is 6.61 Å². The van der Waals surface area contributed by atoms with Gasteiger partial charge in [-0.2, -0.15) is 0 Å². The Balaban J connectivity index is 1.37. The van der Waals surface area contributed by atoms with Crippen LogP contribution in [0.25, 0.3) is 0 Å². The molecular weight excluding hydrogens is 446 g/mol. The Kier molecular flexibility index (Phi) is 5.21. The minimum absolute atomic E-state index is 0.0805. The summed E-state index contributed by atoms with van der Waals surface area (Å²) in [6.45, 7) is 0.0604. The summed E-state index contributed by atoms with van der Waals surface area (Å²) < 4.78 is 1.64. The predicted octanol–water partition coefficient (Wildman–Crippen LogP) is 0.726. The van der Waals surface area contributed by atoms with Gasteiger partial charge in [-0.1, -0.05) is 30.3 Å². The molecule has 2 aliphatic heterocycles. The Labute approximate surface area is 201 Å². The van der Waals surface area contributed by atoms with Crippen molar-refractivity contribution in [1.29, 1.82) is 0 Å². The van der Waals surface area contributed by atoms with E-state index in [1.165, 1.54) is 40.7 Å². The molecule has 1 aliphatic carbocycles. The lowest BCUT2D eigenvalue weighted by atomic mass is 9.88. The van der Waals surface area contributed by atoms with Crippen LogP contribution in [-0.4, -0.2) is 55.0 Å². The van der Waals surface area contributed by atoms with Crippen molar-refractivity contribution in [3.05, 3.63) is 93.9 Å². The second-order valence-electron chi connectivity index (χ2n) is 9.48. The summed E-state index contributed by atoms with van der Waals surface area (Å²) in [6, 6.07) is 11.6. The van der Waals surface area contributed by atoms with E-state index in [9.17, 15) is 19.5 Å². The summed E-state index contributed by atoms with van der Waals surface area (Å²) in [5.74, 6) is -1.53. The van der Waals surface area contributed by atoms with Gasteiger partial charge in [0, 0.05) is 55.2 Å². The van der Waals surface area contributed by atoms with Crippen molar-refractivity contribution in [2.24, 2.45) is 11.8 Å². The van der Waals surface area contributed by atoms with E-state index in [1.807, 2.05) is 18.2 Å². The third kappa shape index (κ3) is 3.46. The lowest BCUT2D eigenvalue weighted by molar-refractivity contribution is -0.127. The Bertz CT molecular complexity index is 1330. The van der Waals surface area contributed by atoms with Gasteiger partial charge in [0.05, 0.1) is 12.2 Å². The molecule has 2 N–H and O–H groups in total. The highest BCUT2D eigenvalue weighted by atomic mass is 16.3. The molecule has 178 valence electrons. The molecule has 0 spiro atoms. The molecule has 1 saturated heterocycles. The highest BCUT2D eigenvalue weighted by molar-refractivity contribution is 5.97. The van der Waals surface area contributed by atoms with Crippen molar-refractivity contribution in [3.8, 4) is 0 Å². The summed E-state index contributed by atoms with van der Waals surface area (Å²) in [4.78, 5) is 49.8. The first kappa shape index (κ1) is 21.7. The number of aliphatic hydroxyl groups excluding tert-OH is 1. The van der Waals surface area contributed by atoms with E-state index in [2.05, 4.69) is 27.4 Å². The van der Waals surface area contributed by atoms with Gasteiger partial charge in [-0.25, -0.2) is 4.98 Å². The van der Waals surface area contributed by atoms with E-state index in [4.69, 9.17) is 0 Å². The maximum Gasteiger partial charge on any atom is 0.275 e. The first-order chi connectivity index (χ1) is 17.1. The van der Waals surface area contributed by atoms with Gasteiger partial charge in [0.25, 0.3) is 11.5 Å². The van der Waals surface area contributed by atoms with Crippen LogP contribution in [0.15, 0.2) is 65.8 Å². The van der Waals surface area contributed by atoms with Gasteiger partial charge in [-0.15, -0.1) is 0 Å². The van der Waals surface area contributed by atoms with Crippen LogP contribution in [0, 0.1) is 11.8 Å². The summed E-state index contributed by atoms with van der Waals surface area (Å²) in [5, 5.41) is 13.6. The molecule has 9 nitrogen and oxygen atoms in total. The third-order valence-corrected chi connectivity index (χ3v) is 7.63. The number of pyridine rings is 1. The molecule has 1 aromatic carbocycles. The minimum atomic E-state index is -0.891. The van der Waals surface area contributed by atoms with Crippen molar-refractivity contribution in [3.63, 3.8) is 0 Å². The van der Waals surface area contributed by atoms with E-state index in [0.29, 0.717) is 12.2 Å². The highest BCUT2D eigenvalue weighted by Gasteiger charge is 2.57. The second kappa shape index (κ2) is 8.42. The fourth-order valence-corrected chi connectivity index (χ4v) is 6.15. The summed E-state index contributed by atoms with van der Waals surface area (Å²) in [6.07, 6.45) is 5.73.